The number of nitrogens with one attached hydrogen (secondary N) is 1. The maximum absolute atomic E-state index is 12.2. The van der Waals surface area contributed by atoms with E-state index in [0.717, 1.165) is 4.88 Å². The van der Waals surface area contributed by atoms with Crippen molar-refractivity contribution in [1.82, 2.24) is 5.32 Å². The van der Waals surface area contributed by atoms with Crippen molar-refractivity contribution in [3.63, 3.8) is 0 Å². The summed E-state index contributed by atoms with van der Waals surface area (Å²) in [5.74, 6) is -0.955. The first kappa shape index (κ1) is 20.1. The van der Waals surface area contributed by atoms with E-state index in [1.165, 1.54) is 17.4 Å². The summed E-state index contributed by atoms with van der Waals surface area (Å²) in [5, 5.41) is 3.25. The Morgan fingerprint density at radius 2 is 1.88 bits per heavy atom. The number of carbonyl (C=O) groups is 3. The van der Waals surface area contributed by atoms with Crippen LogP contribution in [0.25, 0.3) is 0 Å². The van der Waals surface area contributed by atoms with Gasteiger partial charge < -0.3 is 10.1 Å². The van der Waals surface area contributed by atoms with E-state index in [9.17, 15) is 14.4 Å². The van der Waals surface area contributed by atoms with E-state index in [1.807, 2.05) is 20.8 Å². The number of Topliss-reactive ketones (excluding diaryl/α,β-unsaturated/α-hetero) is 1. The molecule has 1 amide bonds. The molecule has 0 unspecified atom stereocenters. The first-order valence-corrected chi connectivity index (χ1v) is 9.19. The zero-order valence-electron chi connectivity index (χ0n) is 14.8. The van der Waals surface area contributed by atoms with Crippen LogP contribution >= 0.6 is 22.9 Å². The normalized spacial score (nSPS) is 11.1. The van der Waals surface area contributed by atoms with Gasteiger partial charge in [-0.05, 0) is 30.3 Å². The zero-order chi connectivity index (χ0) is 19.3. The summed E-state index contributed by atoms with van der Waals surface area (Å²) < 4.78 is 5.04. The van der Waals surface area contributed by atoms with Crippen molar-refractivity contribution in [2.45, 2.75) is 27.3 Å². The molecule has 0 fully saturated rings. The third-order valence-corrected chi connectivity index (χ3v) is 4.80. The maximum atomic E-state index is 12.2. The van der Waals surface area contributed by atoms with Gasteiger partial charge in [-0.1, -0.05) is 38.4 Å². The quantitative estimate of drug-likeness (QED) is 0.592. The van der Waals surface area contributed by atoms with Crippen molar-refractivity contribution >= 4 is 40.6 Å². The highest BCUT2D eigenvalue weighted by molar-refractivity contribution is 7.14. The first-order valence-electron chi connectivity index (χ1n) is 8.00. The number of ketones is 1. The average Bonchev–Trinajstić information content (AvgIpc) is 3.05. The maximum Gasteiger partial charge on any atom is 0.338 e. The van der Waals surface area contributed by atoms with Gasteiger partial charge in [0.2, 0.25) is 11.7 Å². The van der Waals surface area contributed by atoms with Crippen LogP contribution in [0.4, 0.5) is 0 Å². The standard InChI is InChI=1S/C19H20ClNO4S/c1-19(2,3)18(24)21-10-14-7-8-16(26-14)15(22)11-25-17(23)12-5-4-6-13(20)9-12/h4-9H,10-11H2,1-3H3,(H,21,24). The molecule has 26 heavy (non-hydrogen) atoms. The van der Waals surface area contributed by atoms with Crippen molar-refractivity contribution < 1.29 is 19.1 Å². The Balaban J connectivity index is 1.88. The lowest BCUT2D eigenvalue weighted by atomic mass is 9.96. The Bertz CT molecular complexity index is 823. The van der Waals surface area contributed by atoms with Crippen molar-refractivity contribution in [3.05, 3.63) is 56.7 Å². The Kier molecular flexibility index (Phi) is 6.56. The predicted molar refractivity (Wildman–Crippen MR) is 102 cm³/mol. The summed E-state index contributed by atoms with van der Waals surface area (Å²) in [6, 6.07) is 9.78. The molecule has 0 saturated heterocycles. The van der Waals surface area contributed by atoms with Gasteiger partial charge in [0.05, 0.1) is 17.0 Å². The van der Waals surface area contributed by atoms with Gasteiger partial charge in [-0.15, -0.1) is 11.3 Å². The van der Waals surface area contributed by atoms with Gasteiger partial charge in [-0.3, -0.25) is 9.59 Å². The highest BCUT2D eigenvalue weighted by atomic mass is 35.5. The smallest absolute Gasteiger partial charge is 0.338 e. The third-order valence-electron chi connectivity index (χ3n) is 3.44. The van der Waals surface area contributed by atoms with Gasteiger partial charge in [0.1, 0.15) is 0 Å². The molecule has 0 spiro atoms. The van der Waals surface area contributed by atoms with E-state index in [-0.39, 0.29) is 18.3 Å². The van der Waals surface area contributed by atoms with Gasteiger partial charge in [0, 0.05) is 15.3 Å². The van der Waals surface area contributed by atoms with Gasteiger partial charge in [-0.2, -0.15) is 0 Å². The van der Waals surface area contributed by atoms with Crippen LogP contribution in [0.3, 0.4) is 0 Å². The monoisotopic (exact) mass is 393 g/mol. The second kappa shape index (κ2) is 8.47. The minimum absolute atomic E-state index is 0.0609. The molecule has 1 N–H and O–H groups in total. The van der Waals surface area contributed by atoms with Crippen LogP contribution in [-0.2, 0) is 16.1 Å². The van der Waals surface area contributed by atoms with E-state index in [2.05, 4.69) is 5.32 Å². The van der Waals surface area contributed by atoms with E-state index in [0.29, 0.717) is 22.0 Å². The molecule has 2 aromatic rings. The van der Waals surface area contributed by atoms with Crippen LogP contribution in [0.1, 0.15) is 45.7 Å². The van der Waals surface area contributed by atoms with Crippen LogP contribution < -0.4 is 5.32 Å². The van der Waals surface area contributed by atoms with Gasteiger partial charge in [0.25, 0.3) is 0 Å². The van der Waals surface area contributed by atoms with Crippen LogP contribution in [0.15, 0.2) is 36.4 Å². The SMILES string of the molecule is CC(C)(C)C(=O)NCc1ccc(C(=O)COC(=O)c2cccc(Cl)c2)s1. The number of amides is 1. The Hall–Kier alpha value is -2.18. The molecule has 5 nitrogen and oxygen atoms in total. The molecule has 0 saturated carbocycles. The molecular weight excluding hydrogens is 374 g/mol. The van der Waals surface area contributed by atoms with Crippen LogP contribution in [0.5, 0.6) is 0 Å². The van der Waals surface area contributed by atoms with Gasteiger partial charge in [-0.25, -0.2) is 4.79 Å². The fraction of sp³-hybridized carbons (Fsp3) is 0.316. The predicted octanol–water partition coefficient (Wildman–Crippen LogP) is 4.10. The average molecular weight is 394 g/mol. The summed E-state index contributed by atoms with van der Waals surface area (Å²) in [5.41, 5.74) is -0.174. The Morgan fingerprint density at radius 3 is 2.54 bits per heavy atom. The molecule has 1 aromatic heterocycles. The molecule has 0 radical (unpaired) electrons. The lowest BCUT2D eigenvalue weighted by molar-refractivity contribution is -0.128. The summed E-state index contributed by atoms with van der Waals surface area (Å²) in [7, 11) is 0. The van der Waals surface area contributed by atoms with E-state index in [4.69, 9.17) is 16.3 Å². The number of hydrogen-bond donors (Lipinski definition) is 1. The molecular formula is C19H20ClNO4S. The van der Waals surface area contributed by atoms with E-state index in [1.54, 1.807) is 30.3 Å². The summed E-state index contributed by atoms with van der Waals surface area (Å²) >= 11 is 7.09. The van der Waals surface area contributed by atoms with Gasteiger partial charge in [0.15, 0.2) is 6.61 Å². The molecule has 7 heteroatoms. The minimum atomic E-state index is -0.602. The molecule has 0 aliphatic rings. The number of benzene rings is 1. The van der Waals surface area contributed by atoms with Crippen molar-refractivity contribution in [1.29, 1.82) is 0 Å². The highest BCUT2D eigenvalue weighted by Crippen LogP contribution is 2.19. The first-order chi connectivity index (χ1) is 12.2. The number of rotatable bonds is 6. The van der Waals surface area contributed by atoms with Crippen molar-refractivity contribution in [3.8, 4) is 0 Å². The van der Waals surface area contributed by atoms with Crippen molar-refractivity contribution in [2.24, 2.45) is 5.41 Å². The van der Waals surface area contributed by atoms with Crippen LogP contribution in [0, 0.1) is 5.41 Å². The molecule has 1 heterocycles. The van der Waals surface area contributed by atoms with Crippen molar-refractivity contribution in [2.75, 3.05) is 6.61 Å². The largest absolute Gasteiger partial charge is 0.454 e. The van der Waals surface area contributed by atoms with E-state index >= 15 is 0 Å². The number of thiophene rings is 1. The molecule has 0 bridgehead atoms. The molecule has 138 valence electrons. The summed E-state index contributed by atoms with van der Waals surface area (Å²) in [6.07, 6.45) is 0. The van der Waals surface area contributed by atoms with Crippen LogP contribution in [-0.4, -0.2) is 24.3 Å². The molecule has 0 atom stereocenters. The number of hydrogen-bond acceptors (Lipinski definition) is 5. The van der Waals surface area contributed by atoms with E-state index < -0.39 is 11.4 Å². The number of carbonyl (C=O) groups excluding carboxylic acids is 3. The second-order valence-electron chi connectivity index (χ2n) is 6.71. The minimum Gasteiger partial charge on any atom is -0.454 e. The van der Waals surface area contributed by atoms with Gasteiger partial charge >= 0.3 is 5.97 Å². The Morgan fingerprint density at radius 1 is 1.15 bits per heavy atom. The number of esters is 1. The lowest BCUT2D eigenvalue weighted by Gasteiger charge is -2.17. The topological polar surface area (TPSA) is 72.5 Å². The molecule has 1 aromatic carbocycles. The zero-order valence-corrected chi connectivity index (χ0v) is 16.4. The number of halogens is 1. The fourth-order valence-corrected chi connectivity index (χ4v) is 3.02. The lowest BCUT2D eigenvalue weighted by Crippen LogP contribution is -2.34. The molecule has 2 rings (SSSR count). The highest BCUT2D eigenvalue weighted by Gasteiger charge is 2.21. The molecule has 0 aliphatic heterocycles. The summed E-state index contributed by atoms with van der Waals surface area (Å²) in [6.45, 7) is 5.51. The van der Waals surface area contributed by atoms with Crippen LogP contribution in [0.2, 0.25) is 5.02 Å². The third kappa shape index (κ3) is 5.68. The second-order valence-corrected chi connectivity index (χ2v) is 8.31. The Labute approximate surface area is 161 Å². The number of ether oxygens (including phenoxy) is 1. The molecule has 0 aliphatic carbocycles. The fourth-order valence-electron chi connectivity index (χ4n) is 1.96. The summed E-state index contributed by atoms with van der Waals surface area (Å²) in [4.78, 5) is 37.3.